The van der Waals surface area contributed by atoms with E-state index < -0.39 is 17.8 Å². The number of carbonyl (C=O) groups excluding carboxylic acids is 3. The van der Waals surface area contributed by atoms with Crippen molar-refractivity contribution in [2.75, 3.05) is 10.6 Å². The number of hydrogen-bond acceptors (Lipinski definition) is 7. The minimum atomic E-state index is -0.804. The van der Waals surface area contributed by atoms with E-state index in [0.29, 0.717) is 16.4 Å². The Labute approximate surface area is 186 Å². The Morgan fingerprint density at radius 2 is 1.78 bits per heavy atom. The Kier molecular flexibility index (Phi) is 5.77. The van der Waals surface area contributed by atoms with Crippen LogP contribution in [0.1, 0.15) is 26.3 Å². The molecule has 0 aliphatic heterocycles. The van der Waals surface area contributed by atoms with Crippen molar-refractivity contribution >= 4 is 50.8 Å². The Balaban J connectivity index is 1.46. The van der Waals surface area contributed by atoms with Crippen LogP contribution < -0.4 is 16.0 Å². The van der Waals surface area contributed by atoms with Crippen LogP contribution in [0.5, 0.6) is 5.75 Å². The number of nitrogens with zero attached hydrogens (tertiary/aromatic N) is 2. The summed E-state index contributed by atoms with van der Waals surface area (Å²) in [6, 6.07) is 14.2. The molecule has 4 aromatic rings. The SMILES string of the molecule is Cc1c(O)c(C(=O)NC(=O)Nc2cccc(C(=O)Nc3nncs3)c2)cc2ccccc12. The molecule has 4 rings (SSSR count). The van der Waals surface area contributed by atoms with Crippen LogP contribution in [0.25, 0.3) is 10.8 Å². The molecule has 32 heavy (non-hydrogen) atoms. The molecule has 10 heteroatoms. The van der Waals surface area contributed by atoms with Gasteiger partial charge in [-0.1, -0.05) is 41.7 Å². The van der Waals surface area contributed by atoms with Gasteiger partial charge >= 0.3 is 6.03 Å². The molecule has 0 atom stereocenters. The van der Waals surface area contributed by atoms with Crippen molar-refractivity contribution in [3.8, 4) is 5.75 Å². The molecule has 4 N–H and O–H groups in total. The lowest BCUT2D eigenvalue weighted by Gasteiger charge is -2.12. The molecule has 0 unspecified atom stereocenters. The zero-order valence-electron chi connectivity index (χ0n) is 16.7. The summed E-state index contributed by atoms with van der Waals surface area (Å²) in [5, 5.41) is 27.0. The van der Waals surface area contributed by atoms with Crippen molar-refractivity contribution in [2.45, 2.75) is 6.92 Å². The summed E-state index contributed by atoms with van der Waals surface area (Å²) in [5.74, 6) is -1.36. The fourth-order valence-corrected chi connectivity index (χ4v) is 3.60. The molecule has 9 nitrogen and oxygen atoms in total. The third-order valence-electron chi connectivity index (χ3n) is 4.71. The number of benzene rings is 3. The van der Waals surface area contributed by atoms with E-state index in [4.69, 9.17) is 0 Å². The highest BCUT2D eigenvalue weighted by atomic mass is 32.1. The highest BCUT2D eigenvalue weighted by Gasteiger charge is 2.18. The minimum Gasteiger partial charge on any atom is -0.507 e. The summed E-state index contributed by atoms with van der Waals surface area (Å²) in [5.41, 5.74) is 2.61. The molecule has 0 bridgehead atoms. The van der Waals surface area contributed by atoms with Crippen molar-refractivity contribution in [1.82, 2.24) is 15.5 Å². The number of hydrogen-bond donors (Lipinski definition) is 4. The van der Waals surface area contributed by atoms with Crippen LogP contribution in [0, 0.1) is 6.92 Å². The molecule has 1 heterocycles. The first-order valence-corrected chi connectivity index (χ1v) is 10.3. The molecule has 0 fully saturated rings. The van der Waals surface area contributed by atoms with Gasteiger partial charge in [0.1, 0.15) is 11.3 Å². The van der Waals surface area contributed by atoms with E-state index in [0.717, 1.165) is 10.8 Å². The third-order valence-corrected chi connectivity index (χ3v) is 5.32. The van der Waals surface area contributed by atoms with Crippen molar-refractivity contribution in [1.29, 1.82) is 0 Å². The Bertz CT molecular complexity index is 1340. The summed E-state index contributed by atoms with van der Waals surface area (Å²) in [4.78, 5) is 37.3. The molecule has 3 aromatic carbocycles. The van der Waals surface area contributed by atoms with Gasteiger partial charge in [0, 0.05) is 11.3 Å². The van der Waals surface area contributed by atoms with Gasteiger partial charge in [-0.25, -0.2) is 4.79 Å². The number of carbonyl (C=O) groups is 3. The first-order chi connectivity index (χ1) is 15.4. The summed E-state index contributed by atoms with van der Waals surface area (Å²) in [6.07, 6.45) is 0. The quantitative estimate of drug-likeness (QED) is 0.375. The van der Waals surface area contributed by atoms with Gasteiger partial charge in [0.25, 0.3) is 11.8 Å². The molecule has 0 aliphatic carbocycles. The van der Waals surface area contributed by atoms with E-state index in [1.807, 2.05) is 24.3 Å². The number of aromatic hydroxyl groups is 1. The maximum Gasteiger partial charge on any atom is 0.326 e. The number of anilines is 2. The summed E-state index contributed by atoms with van der Waals surface area (Å²) < 4.78 is 0. The number of imide groups is 1. The standard InChI is InChI=1S/C22H17N5O4S/c1-12-16-8-3-2-5-13(16)10-17(18(12)28)20(30)25-21(31)24-15-7-4-6-14(9-15)19(29)26-22-27-23-11-32-22/h2-11,28H,1H3,(H,26,27,29)(H2,24,25,30,31). The number of phenolic OH excluding ortho intramolecular Hbond substituents is 1. The van der Waals surface area contributed by atoms with Gasteiger partial charge in [0.2, 0.25) is 5.13 Å². The smallest absolute Gasteiger partial charge is 0.326 e. The number of urea groups is 1. The molecule has 4 amide bonds. The molecule has 0 saturated heterocycles. The second kappa shape index (κ2) is 8.82. The first-order valence-electron chi connectivity index (χ1n) is 9.43. The highest BCUT2D eigenvalue weighted by molar-refractivity contribution is 7.13. The number of aromatic nitrogens is 2. The average molecular weight is 447 g/mol. The van der Waals surface area contributed by atoms with Crippen molar-refractivity contribution in [2.24, 2.45) is 0 Å². The van der Waals surface area contributed by atoms with E-state index in [9.17, 15) is 19.5 Å². The monoisotopic (exact) mass is 447 g/mol. The fourth-order valence-electron chi connectivity index (χ4n) is 3.16. The molecular weight excluding hydrogens is 430 g/mol. The Hall–Kier alpha value is -4.31. The van der Waals surface area contributed by atoms with Crippen molar-refractivity contribution < 1.29 is 19.5 Å². The average Bonchev–Trinajstić information content (AvgIpc) is 3.29. The largest absolute Gasteiger partial charge is 0.507 e. The van der Waals surface area contributed by atoms with Gasteiger partial charge in [0.05, 0.1) is 5.56 Å². The van der Waals surface area contributed by atoms with Gasteiger partial charge in [-0.15, -0.1) is 10.2 Å². The molecule has 160 valence electrons. The number of rotatable bonds is 4. The normalized spacial score (nSPS) is 10.5. The summed E-state index contributed by atoms with van der Waals surface area (Å²) in [6.45, 7) is 1.70. The molecule has 0 radical (unpaired) electrons. The van der Waals surface area contributed by atoms with Gasteiger partial charge in [-0.3, -0.25) is 20.2 Å². The second-order valence-corrected chi connectivity index (χ2v) is 7.64. The predicted molar refractivity (Wildman–Crippen MR) is 121 cm³/mol. The van der Waals surface area contributed by atoms with Gasteiger partial charge in [0.15, 0.2) is 0 Å². The maximum absolute atomic E-state index is 12.6. The summed E-state index contributed by atoms with van der Waals surface area (Å²) >= 11 is 1.18. The van der Waals surface area contributed by atoms with Crippen LogP contribution >= 0.6 is 11.3 Å². The predicted octanol–water partition coefficient (Wildman–Crippen LogP) is 3.92. The summed E-state index contributed by atoms with van der Waals surface area (Å²) in [7, 11) is 0. The number of nitrogens with one attached hydrogen (secondary N) is 3. The van der Waals surface area contributed by atoms with E-state index in [1.54, 1.807) is 25.1 Å². The molecule has 1 aromatic heterocycles. The van der Waals surface area contributed by atoms with E-state index in [-0.39, 0.29) is 16.9 Å². The van der Waals surface area contributed by atoms with Gasteiger partial charge in [-0.05, 0) is 47.5 Å². The van der Waals surface area contributed by atoms with Crippen molar-refractivity contribution in [3.05, 3.63) is 76.8 Å². The van der Waals surface area contributed by atoms with Gasteiger partial charge < -0.3 is 10.4 Å². The second-order valence-electron chi connectivity index (χ2n) is 6.81. The number of fused-ring (bicyclic) bond motifs is 1. The maximum atomic E-state index is 12.6. The first kappa shape index (κ1) is 20.9. The third kappa shape index (κ3) is 4.40. The van der Waals surface area contributed by atoms with E-state index in [2.05, 4.69) is 26.1 Å². The van der Waals surface area contributed by atoms with Crippen LogP contribution in [-0.2, 0) is 0 Å². The molecule has 0 spiro atoms. The Morgan fingerprint density at radius 1 is 0.969 bits per heavy atom. The molecule has 0 saturated carbocycles. The molecular formula is C22H17N5O4S. The van der Waals surface area contributed by atoms with Crippen LogP contribution in [0.2, 0.25) is 0 Å². The van der Waals surface area contributed by atoms with Crippen LogP contribution in [0.4, 0.5) is 15.6 Å². The van der Waals surface area contributed by atoms with E-state index in [1.165, 1.54) is 29.0 Å². The lowest BCUT2D eigenvalue weighted by molar-refractivity contribution is 0.0963. The molecule has 0 aliphatic rings. The lowest BCUT2D eigenvalue weighted by Crippen LogP contribution is -2.34. The minimum absolute atomic E-state index is 0.0125. The fraction of sp³-hybridized carbons (Fsp3) is 0.0455. The number of aryl methyl sites for hydroxylation is 1. The topological polar surface area (TPSA) is 133 Å². The zero-order valence-corrected chi connectivity index (χ0v) is 17.6. The zero-order chi connectivity index (χ0) is 22.7. The van der Waals surface area contributed by atoms with Crippen molar-refractivity contribution in [3.63, 3.8) is 0 Å². The number of amides is 4. The van der Waals surface area contributed by atoms with Crippen LogP contribution in [-0.4, -0.2) is 33.1 Å². The Morgan fingerprint density at radius 3 is 2.56 bits per heavy atom. The number of phenols is 1. The van der Waals surface area contributed by atoms with E-state index >= 15 is 0 Å². The highest BCUT2D eigenvalue weighted by Crippen LogP contribution is 2.30. The van der Waals surface area contributed by atoms with Crippen LogP contribution in [0.15, 0.2) is 60.1 Å². The lowest BCUT2D eigenvalue weighted by atomic mass is 10.00. The van der Waals surface area contributed by atoms with Gasteiger partial charge in [-0.2, -0.15) is 0 Å². The van der Waals surface area contributed by atoms with Crippen LogP contribution in [0.3, 0.4) is 0 Å².